The third-order valence-corrected chi connectivity index (χ3v) is 4.41. The van der Waals surface area contributed by atoms with Crippen molar-refractivity contribution in [3.63, 3.8) is 0 Å². The molecule has 0 atom stereocenters. The molecule has 4 nitrogen and oxygen atoms in total. The summed E-state index contributed by atoms with van der Waals surface area (Å²) in [6.07, 6.45) is 3.61. The summed E-state index contributed by atoms with van der Waals surface area (Å²) in [6.45, 7) is 3.51. The first kappa shape index (κ1) is 13.6. The van der Waals surface area contributed by atoms with E-state index in [0.29, 0.717) is 6.42 Å². The smallest absolute Gasteiger partial charge is 0.222 e. The lowest BCUT2D eigenvalue weighted by molar-refractivity contribution is -0.131. The molecule has 4 heteroatoms. The van der Waals surface area contributed by atoms with Crippen LogP contribution >= 0.6 is 0 Å². The molecule has 2 aliphatic rings. The van der Waals surface area contributed by atoms with Crippen LogP contribution < -0.4 is 11.1 Å². The normalized spacial score (nSPS) is 20.8. The van der Waals surface area contributed by atoms with Gasteiger partial charge in [0.2, 0.25) is 5.91 Å². The molecule has 0 spiro atoms. The largest absolute Gasteiger partial charge is 0.340 e. The Labute approximate surface area is 120 Å². The van der Waals surface area contributed by atoms with Crippen molar-refractivity contribution >= 4 is 5.91 Å². The molecule has 1 amide bonds. The Balaban J connectivity index is 1.51. The number of piperazine rings is 1. The molecule has 108 valence electrons. The van der Waals surface area contributed by atoms with Gasteiger partial charge in [0.05, 0.1) is 0 Å². The van der Waals surface area contributed by atoms with E-state index < -0.39 is 0 Å². The fourth-order valence-corrected chi connectivity index (χ4v) is 2.75. The van der Waals surface area contributed by atoms with Crippen molar-refractivity contribution in [2.45, 2.75) is 31.2 Å². The average Bonchev–Trinajstić information content (AvgIpc) is 3.25. The summed E-state index contributed by atoms with van der Waals surface area (Å²) in [5.74, 6) is 0.271. The number of benzene rings is 1. The van der Waals surface area contributed by atoms with Gasteiger partial charge in [0, 0.05) is 38.1 Å². The lowest BCUT2D eigenvalue weighted by Crippen LogP contribution is -2.46. The number of amides is 1. The zero-order chi connectivity index (χ0) is 14.0. The summed E-state index contributed by atoms with van der Waals surface area (Å²) < 4.78 is 0. The number of hydrogen-bond donors (Lipinski definition) is 2. The Morgan fingerprint density at radius 1 is 1.20 bits per heavy atom. The van der Waals surface area contributed by atoms with Crippen LogP contribution in [0.4, 0.5) is 0 Å². The Hall–Kier alpha value is -1.39. The number of carbonyl (C=O) groups excluding carboxylic acids is 1. The van der Waals surface area contributed by atoms with Gasteiger partial charge in [-0.15, -0.1) is 0 Å². The number of nitrogens with two attached hydrogens (primary N) is 1. The molecule has 1 aliphatic carbocycles. The van der Waals surface area contributed by atoms with Gasteiger partial charge in [0.1, 0.15) is 0 Å². The van der Waals surface area contributed by atoms with E-state index in [9.17, 15) is 4.79 Å². The van der Waals surface area contributed by atoms with Crippen LogP contribution in [0.2, 0.25) is 0 Å². The Morgan fingerprint density at radius 2 is 1.85 bits per heavy atom. The maximum atomic E-state index is 12.1. The number of nitrogens with one attached hydrogen (secondary N) is 1. The van der Waals surface area contributed by atoms with Crippen molar-refractivity contribution < 1.29 is 4.79 Å². The van der Waals surface area contributed by atoms with Gasteiger partial charge in [-0.1, -0.05) is 24.3 Å². The molecule has 1 heterocycles. The van der Waals surface area contributed by atoms with E-state index in [0.717, 1.165) is 45.4 Å². The molecule has 1 aliphatic heterocycles. The zero-order valence-electron chi connectivity index (χ0n) is 11.9. The van der Waals surface area contributed by atoms with Crippen LogP contribution in [0, 0.1) is 0 Å². The number of aryl methyl sites for hydroxylation is 1. The Morgan fingerprint density at radius 3 is 2.45 bits per heavy atom. The molecule has 1 saturated heterocycles. The summed E-state index contributed by atoms with van der Waals surface area (Å²) in [5.41, 5.74) is 8.57. The first-order valence-electron chi connectivity index (χ1n) is 7.54. The summed E-state index contributed by atoms with van der Waals surface area (Å²) in [4.78, 5) is 14.0. The third-order valence-electron chi connectivity index (χ3n) is 4.41. The van der Waals surface area contributed by atoms with Crippen LogP contribution in [-0.2, 0) is 16.8 Å². The van der Waals surface area contributed by atoms with E-state index in [2.05, 4.69) is 29.6 Å². The summed E-state index contributed by atoms with van der Waals surface area (Å²) in [5, 5.41) is 3.26. The number of hydrogen-bond acceptors (Lipinski definition) is 3. The van der Waals surface area contributed by atoms with Crippen molar-refractivity contribution in [2.24, 2.45) is 5.73 Å². The monoisotopic (exact) mass is 273 g/mol. The van der Waals surface area contributed by atoms with Crippen LogP contribution in [0.5, 0.6) is 0 Å². The predicted octanol–water partition coefficient (Wildman–Crippen LogP) is 0.999. The van der Waals surface area contributed by atoms with Crippen molar-refractivity contribution in [3.8, 4) is 0 Å². The molecule has 2 fully saturated rings. The topological polar surface area (TPSA) is 58.4 Å². The van der Waals surface area contributed by atoms with E-state index >= 15 is 0 Å². The van der Waals surface area contributed by atoms with Crippen molar-refractivity contribution in [1.29, 1.82) is 0 Å². The molecule has 0 aromatic heterocycles. The lowest BCUT2D eigenvalue weighted by Gasteiger charge is -2.27. The number of nitrogens with zero attached hydrogens (tertiary/aromatic N) is 1. The molecule has 3 N–H and O–H groups in total. The second-order valence-corrected chi connectivity index (χ2v) is 5.98. The Bertz CT molecular complexity index is 473. The predicted molar refractivity (Wildman–Crippen MR) is 79.3 cm³/mol. The second kappa shape index (κ2) is 5.54. The maximum Gasteiger partial charge on any atom is 0.222 e. The highest BCUT2D eigenvalue weighted by atomic mass is 16.2. The molecule has 0 unspecified atom stereocenters. The first-order valence-corrected chi connectivity index (χ1v) is 7.54. The average molecular weight is 273 g/mol. The van der Waals surface area contributed by atoms with Gasteiger partial charge in [0.25, 0.3) is 0 Å². The molecule has 0 radical (unpaired) electrons. The van der Waals surface area contributed by atoms with E-state index in [4.69, 9.17) is 5.73 Å². The van der Waals surface area contributed by atoms with Crippen molar-refractivity contribution in [1.82, 2.24) is 10.2 Å². The second-order valence-electron chi connectivity index (χ2n) is 5.98. The lowest BCUT2D eigenvalue weighted by atomic mass is 10.0. The van der Waals surface area contributed by atoms with Gasteiger partial charge in [-0.2, -0.15) is 0 Å². The summed E-state index contributed by atoms with van der Waals surface area (Å²) in [7, 11) is 0. The number of rotatable bonds is 4. The molecular formula is C16H23N3O. The highest BCUT2D eigenvalue weighted by Crippen LogP contribution is 2.42. The van der Waals surface area contributed by atoms with Crippen molar-refractivity contribution in [2.75, 3.05) is 26.2 Å². The van der Waals surface area contributed by atoms with Crippen molar-refractivity contribution in [3.05, 3.63) is 35.4 Å². The highest BCUT2D eigenvalue weighted by molar-refractivity contribution is 5.76. The maximum absolute atomic E-state index is 12.1. The van der Waals surface area contributed by atoms with Gasteiger partial charge < -0.3 is 16.0 Å². The molecule has 1 saturated carbocycles. The van der Waals surface area contributed by atoms with E-state index in [-0.39, 0.29) is 11.4 Å². The minimum atomic E-state index is -0.0604. The molecule has 0 bridgehead atoms. The van der Waals surface area contributed by atoms with E-state index in [1.54, 1.807) is 0 Å². The Kier molecular flexibility index (Phi) is 3.76. The van der Waals surface area contributed by atoms with Crippen LogP contribution in [0.25, 0.3) is 0 Å². The van der Waals surface area contributed by atoms with Gasteiger partial charge >= 0.3 is 0 Å². The van der Waals surface area contributed by atoms with E-state index in [1.807, 2.05) is 4.90 Å². The molecule has 1 aromatic carbocycles. The van der Waals surface area contributed by atoms with Gasteiger partial charge in [0.15, 0.2) is 0 Å². The molecule has 1 aromatic rings. The van der Waals surface area contributed by atoms with Crippen LogP contribution in [0.1, 0.15) is 30.4 Å². The molecule has 20 heavy (non-hydrogen) atoms. The molecule has 3 rings (SSSR count). The quantitative estimate of drug-likeness (QED) is 0.860. The van der Waals surface area contributed by atoms with E-state index in [1.165, 1.54) is 11.1 Å². The minimum absolute atomic E-state index is 0.0604. The molecular weight excluding hydrogens is 250 g/mol. The standard InChI is InChI=1S/C16H23N3O/c17-16(7-8-16)14-4-1-13(2-5-14)3-6-15(20)19-11-9-18-10-12-19/h1-2,4-5,18H,3,6-12,17H2. The SMILES string of the molecule is NC1(c2ccc(CCC(=O)N3CCNCC3)cc2)CC1. The minimum Gasteiger partial charge on any atom is -0.340 e. The van der Waals surface area contributed by atoms with Crippen LogP contribution in [0.3, 0.4) is 0 Å². The fraction of sp³-hybridized carbons (Fsp3) is 0.562. The van der Waals surface area contributed by atoms with Gasteiger partial charge in [-0.25, -0.2) is 0 Å². The van der Waals surface area contributed by atoms with Crippen LogP contribution in [-0.4, -0.2) is 37.0 Å². The summed E-state index contributed by atoms with van der Waals surface area (Å²) in [6, 6.07) is 8.48. The van der Waals surface area contributed by atoms with Gasteiger partial charge in [-0.3, -0.25) is 4.79 Å². The highest BCUT2D eigenvalue weighted by Gasteiger charge is 2.39. The number of carbonyl (C=O) groups is 1. The summed E-state index contributed by atoms with van der Waals surface area (Å²) >= 11 is 0. The first-order chi connectivity index (χ1) is 9.67. The fourth-order valence-electron chi connectivity index (χ4n) is 2.75. The van der Waals surface area contributed by atoms with Gasteiger partial charge in [-0.05, 0) is 30.4 Å². The third kappa shape index (κ3) is 3.02. The van der Waals surface area contributed by atoms with Crippen LogP contribution in [0.15, 0.2) is 24.3 Å². The zero-order valence-corrected chi connectivity index (χ0v) is 11.9.